The van der Waals surface area contributed by atoms with Crippen LogP contribution in [-0.2, 0) is 4.79 Å². The highest BCUT2D eigenvalue weighted by Gasteiger charge is 2.19. The number of anilines is 1. The van der Waals surface area contributed by atoms with Crippen LogP contribution in [-0.4, -0.2) is 17.0 Å². The lowest BCUT2D eigenvalue weighted by Crippen LogP contribution is -2.20. The largest absolute Gasteiger partial charge is 0.478 e. The lowest BCUT2D eigenvalue weighted by atomic mass is 10.1. The minimum Gasteiger partial charge on any atom is -0.478 e. The molecule has 0 spiro atoms. The molecule has 94 valence electrons. The molecule has 0 unspecified atom stereocenters. The number of amides is 1. The highest BCUT2D eigenvalue weighted by Crippen LogP contribution is 2.23. The predicted molar refractivity (Wildman–Crippen MR) is 68.9 cm³/mol. The molecule has 2 N–H and O–H groups in total. The van der Waals surface area contributed by atoms with Crippen molar-refractivity contribution in [1.82, 2.24) is 0 Å². The van der Waals surface area contributed by atoms with Crippen LogP contribution in [0.3, 0.4) is 0 Å². The van der Waals surface area contributed by atoms with Gasteiger partial charge >= 0.3 is 5.97 Å². The molecule has 0 aromatic heterocycles. The van der Waals surface area contributed by atoms with Gasteiger partial charge < -0.3 is 10.4 Å². The number of hydrogen-bond donors (Lipinski definition) is 2. The monoisotopic (exact) mass is 265 g/mol. The van der Waals surface area contributed by atoms with E-state index >= 15 is 0 Å². The van der Waals surface area contributed by atoms with Crippen molar-refractivity contribution in [2.75, 3.05) is 5.32 Å². The van der Waals surface area contributed by atoms with E-state index in [9.17, 15) is 9.59 Å². The number of carbonyl (C=O) groups excluding carboxylic acids is 1. The quantitative estimate of drug-likeness (QED) is 0.826. The first-order chi connectivity index (χ1) is 8.58. The topological polar surface area (TPSA) is 66.4 Å². The van der Waals surface area contributed by atoms with E-state index in [1.54, 1.807) is 0 Å². The SMILES string of the molecule is O=C(O)c1ccc(NC(=O)C2CC=CC2)cc1Cl. The summed E-state index contributed by atoms with van der Waals surface area (Å²) in [5.74, 6) is -1.19. The molecule has 5 heteroatoms. The molecule has 0 saturated carbocycles. The molecule has 4 nitrogen and oxygen atoms in total. The van der Waals surface area contributed by atoms with Crippen molar-refractivity contribution in [2.24, 2.45) is 5.92 Å². The van der Waals surface area contributed by atoms with Crippen LogP contribution in [0.25, 0.3) is 0 Å². The van der Waals surface area contributed by atoms with Gasteiger partial charge in [0, 0.05) is 11.6 Å². The summed E-state index contributed by atoms with van der Waals surface area (Å²) < 4.78 is 0. The number of benzene rings is 1. The Balaban J connectivity index is 2.08. The van der Waals surface area contributed by atoms with Gasteiger partial charge in [0.2, 0.25) is 5.91 Å². The van der Waals surface area contributed by atoms with Crippen LogP contribution in [0.2, 0.25) is 5.02 Å². The Morgan fingerprint density at radius 2 is 1.94 bits per heavy atom. The van der Waals surface area contributed by atoms with Gasteiger partial charge in [-0.05, 0) is 31.0 Å². The van der Waals surface area contributed by atoms with Crippen molar-refractivity contribution in [1.29, 1.82) is 0 Å². The Morgan fingerprint density at radius 1 is 1.28 bits per heavy atom. The summed E-state index contributed by atoms with van der Waals surface area (Å²) in [5, 5.41) is 11.7. The summed E-state index contributed by atoms with van der Waals surface area (Å²) in [6, 6.07) is 4.37. The van der Waals surface area contributed by atoms with Gasteiger partial charge in [0.15, 0.2) is 0 Å². The Morgan fingerprint density at radius 3 is 2.50 bits per heavy atom. The van der Waals surface area contributed by atoms with Crippen LogP contribution in [0.4, 0.5) is 5.69 Å². The standard InChI is InChI=1S/C13H12ClNO3/c14-11-7-9(5-6-10(11)13(17)18)15-12(16)8-3-1-2-4-8/h1-2,5-8H,3-4H2,(H,15,16)(H,17,18). The third-order valence-corrected chi connectivity index (χ3v) is 3.16. The average molecular weight is 266 g/mol. The van der Waals surface area contributed by atoms with Gasteiger partial charge in [0.05, 0.1) is 10.6 Å². The summed E-state index contributed by atoms with van der Waals surface area (Å²) in [5.41, 5.74) is 0.541. The fourth-order valence-corrected chi connectivity index (χ4v) is 2.10. The molecule has 1 aromatic rings. The van der Waals surface area contributed by atoms with E-state index < -0.39 is 5.97 Å². The maximum absolute atomic E-state index is 11.8. The van der Waals surface area contributed by atoms with Crippen molar-refractivity contribution >= 4 is 29.2 Å². The molecule has 1 aliphatic carbocycles. The van der Waals surface area contributed by atoms with Gasteiger partial charge in [0.25, 0.3) is 0 Å². The van der Waals surface area contributed by atoms with Crippen LogP contribution < -0.4 is 5.32 Å². The van der Waals surface area contributed by atoms with Crippen molar-refractivity contribution in [3.05, 3.63) is 40.9 Å². The molecule has 2 rings (SSSR count). The first-order valence-electron chi connectivity index (χ1n) is 5.56. The summed E-state index contributed by atoms with van der Waals surface area (Å²) in [6.45, 7) is 0. The minimum absolute atomic E-state index is 0.0252. The highest BCUT2D eigenvalue weighted by atomic mass is 35.5. The van der Waals surface area contributed by atoms with Gasteiger partial charge in [0.1, 0.15) is 0 Å². The van der Waals surface area contributed by atoms with Gasteiger partial charge in [-0.1, -0.05) is 23.8 Å². The third-order valence-electron chi connectivity index (χ3n) is 2.85. The van der Waals surface area contributed by atoms with E-state index in [0.717, 1.165) is 12.8 Å². The number of halogens is 1. The molecule has 0 atom stereocenters. The number of carboxylic acid groups (broad SMARTS) is 1. The fourth-order valence-electron chi connectivity index (χ4n) is 1.84. The van der Waals surface area contributed by atoms with Crippen LogP contribution >= 0.6 is 11.6 Å². The smallest absolute Gasteiger partial charge is 0.337 e. The molecular weight excluding hydrogens is 254 g/mol. The number of nitrogens with one attached hydrogen (secondary N) is 1. The molecule has 1 aromatic carbocycles. The van der Waals surface area contributed by atoms with E-state index in [-0.39, 0.29) is 22.4 Å². The molecule has 1 amide bonds. The number of carbonyl (C=O) groups is 2. The van der Waals surface area contributed by atoms with E-state index in [1.165, 1.54) is 18.2 Å². The van der Waals surface area contributed by atoms with Crippen molar-refractivity contribution in [2.45, 2.75) is 12.8 Å². The number of hydrogen-bond acceptors (Lipinski definition) is 2. The third kappa shape index (κ3) is 2.71. The second-order valence-corrected chi connectivity index (χ2v) is 4.54. The first-order valence-corrected chi connectivity index (χ1v) is 5.94. The second kappa shape index (κ2) is 5.23. The Bertz CT molecular complexity index is 517. The summed E-state index contributed by atoms with van der Waals surface area (Å²) in [7, 11) is 0. The normalized spacial score (nSPS) is 14.7. The van der Waals surface area contributed by atoms with E-state index in [2.05, 4.69) is 5.32 Å². The van der Waals surface area contributed by atoms with Gasteiger partial charge in [-0.3, -0.25) is 4.79 Å². The summed E-state index contributed by atoms with van der Waals surface area (Å²) in [6.07, 6.45) is 5.44. The Labute approximate surface area is 109 Å². The molecule has 0 radical (unpaired) electrons. The maximum Gasteiger partial charge on any atom is 0.337 e. The number of allylic oxidation sites excluding steroid dienone is 2. The molecule has 0 heterocycles. The number of aromatic carboxylic acids is 1. The van der Waals surface area contributed by atoms with Crippen molar-refractivity contribution < 1.29 is 14.7 Å². The van der Waals surface area contributed by atoms with Crippen LogP contribution in [0.1, 0.15) is 23.2 Å². The van der Waals surface area contributed by atoms with Gasteiger partial charge in [-0.25, -0.2) is 4.79 Å². The average Bonchev–Trinajstić information content (AvgIpc) is 2.81. The zero-order valence-corrected chi connectivity index (χ0v) is 10.3. The fraction of sp³-hybridized carbons (Fsp3) is 0.231. The maximum atomic E-state index is 11.8. The van der Waals surface area contributed by atoms with E-state index in [4.69, 9.17) is 16.7 Å². The van der Waals surface area contributed by atoms with Crippen LogP contribution in [0.15, 0.2) is 30.4 Å². The molecule has 0 saturated heterocycles. The second-order valence-electron chi connectivity index (χ2n) is 4.13. The summed E-state index contributed by atoms with van der Waals surface area (Å²) >= 11 is 5.82. The van der Waals surface area contributed by atoms with E-state index in [1.807, 2.05) is 12.2 Å². The molecule has 0 bridgehead atoms. The van der Waals surface area contributed by atoms with Crippen molar-refractivity contribution in [3.63, 3.8) is 0 Å². The minimum atomic E-state index is -1.09. The highest BCUT2D eigenvalue weighted by molar-refractivity contribution is 6.33. The van der Waals surface area contributed by atoms with E-state index in [0.29, 0.717) is 5.69 Å². The van der Waals surface area contributed by atoms with Crippen LogP contribution in [0, 0.1) is 5.92 Å². The molecule has 0 aliphatic heterocycles. The zero-order chi connectivity index (χ0) is 13.1. The molecular formula is C13H12ClNO3. The van der Waals surface area contributed by atoms with Crippen LogP contribution in [0.5, 0.6) is 0 Å². The number of carboxylic acids is 1. The van der Waals surface area contributed by atoms with Crippen molar-refractivity contribution in [3.8, 4) is 0 Å². The molecule has 18 heavy (non-hydrogen) atoms. The predicted octanol–water partition coefficient (Wildman–Crippen LogP) is 2.94. The van der Waals surface area contributed by atoms with Gasteiger partial charge in [-0.2, -0.15) is 0 Å². The summed E-state index contributed by atoms with van der Waals surface area (Å²) in [4.78, 5) is 22.6. The Hall–Kier alpha value is -1.81. The lowest BCUT2D eigenvalue weighted by molar-refractivity contribution is -0.119. The molecule has 1 aliphatic rings. The lowest BCUT2D eigenvalue weighted by Gasteiger charge is -2.11. The van der Waals surface area contributed by atoms with Gasteiger partial charge in [-0.15, -0.1) is 0 Å². The Kier molecular flexibility index (Phi) is 3.67. The first kappa shape index (κ1) is 12.6. The number of rotatable bonds is 3. The molecule has 0 fully saturated rings. The zero-order valence-electron chi connectivity index (χ0n) is 9.52.